The van der Waals surface area contributed by atoms with E-state index in [0.29, 0.717) is 0 Å². The molecule has 0 atom stereocenters. The molecular weight excluding hydrogens is 162 g/mol. The topological polar surface area (TPSA) is 28.2 Å². The smallest absolute Gasteiger partial charge is 0.151 e. The van der Waals surface area contributed by atoms with Crippen molar-refractivity contribution in [3.8, 4) is 0 Å². The van der Waals surface area contributed by atoms with Crippen LogP contribution in [0.3, 0.4) is 0 Å². The van der Waals surface area contributed by atoms with E-state index in [9.17, 15) is 0 Å². The van der Waals surface area contributed by atoms with Gasteiger partial charge in [-0.15, -0.1) is 0 Å². The molecule has 2 heterocycles. The number of hydrogen-bond donors (Lipinski definition) is 1. The summed E-state index contributed by atoms with van der Waals surface area (Å²) in [4.78, 5) is 6.73. The van der Waals surface area contributed by atoms with Crippen molar-refractivity contribution < 1.29 is 0 Å². The summed E-state index contributed by atoms with van der Waals surface area (Å²) in [6.07, 6.45) is 4.44. The maximum Gasteiger partial charge on any atom is 0.151 e. The second-order valence-electron chi connectivity index (χ2n) is 3.32. The van der Waals surface area contributed by atoms with Gasteiger partial charge < -0.3 is 10.2 Å². The molecule has 3 nitrogen and oxygen atoms in total. The van der Waals surface area contributed by atoms with Gasteiger partial charge in [-0.2, -0.15) is 0 Å². The van der Waals surface area contributed by atoms with Crippen LogP contribution >= 0.6 is 0 Å². The summed E-state index contributed by atoms with van der Waals surface area (Å²) in [5, 5.41) is 3.17. The molecule has 1 aromatic heterocycles. The van der Waals surface area contributed by atoms with Gasteiger partial charge in [-0.3, -0.25) is 0 Å². The largest absolute Gasteiger partial charge is 0.385 e. The van der Waals surface area contributed by atoms with E-state index < -0.39 is 0 Å². The van der Waals surface area contributed by atoms with Crippen molar-refractivity contribution in [3.63, 3.8) is 0 Å². The van der Waals surface area contributed by atoms with Crippen LogP contribution in [0.25, 0.3) is 0 Å². The first-order valence-electron chi connectivity index (χ1n) is 4.79. The Morgan fingerprint density at radius 1 is 1.38 bits per heavy atom. The second-order valence-corrected chi connectivity index (χ2v) is 3.32. The van der Waals surface area contributed by atoms with Crippen LogP contribution in [0.4, 0.5) is 11.5 Å². The van der Waals surface area contributed by atoms with Gasteiger partial charge in [0.05, 0.1) is 5.69 Å². The summed E-state index contributed by atoms with van der Waals surface area (Å²) >= 11 is 0. The van der Waals surface area contributed by atoms with Gasteiger partial charge in [0.2, 0.25) is 0 Å². The Labute approximate surface area is 78.8 Å². The van der Waals surface area contributed by atoms with E-state index in [2.05, 4.69) is 21.3 Å². The molecule has 0 bridgehead atoms. The van der Waals surface area contributed by atoms with Crippen LogP contribution < -0.4 is 10.2 Å². The highest BCUT2D eigenvalue weighted by atomic mass is 15.2. The number of pyridine rings is 1. The van der Waals surface area contributed by atoms with Gasteiger partial charge in [-0.05, 0) is 25.0 Å². The Morgan fingerprint density at radius 2 is 2.15 bits per heavy atom. The Balaban J connectivity index is 2.26. The first-order valence-corrected chi connectivity index (χ1v) is 4.79. The third kappa shape index (κ3) is 1.59. The minimum atomic E-state index is 1.10. The van der Waals surface area contributed by atoms with Crippen LogP contribution in [-0.4, -0.2) is 25.1 Å². The molecule has 1 aliphatic heterocycles. The quantitative estimate of drug-likeness (QED) is 0.745. The van der Waals surface area contributed by atoms with Gasteiger partial charge in [0.25, 0.3) is 0 Å². The van der Waals surface area contributed by atoms with Crippen LogP contribution in [0.2, 0.25) is 0 Å². The summed E-state index contributed by atoms with van der Waals surface area (Å²) in [6.45, 7) is 2.29. The molecule has 0 aliphatic carbocycles. The molecule has 1 aliphatic rings. The minimum Gasteiger partial charge on any atom is -0.385 e. The predicted octanol–water partition coefficient (Wildman–Crippen LogP) is 1.72. The van der Waals surface area contributed by atoms with Crippen molar-refractivity contribution in [1.82, 2.24) is 4.98 Å². The van der Waals surface area contributed by atoms with E-state index in [4.69, 9.17) is 0 Å². The molecule has 2 rings (SSSR count). The Kier molecular flexibility index (Phi) is 2.34. The highest BCUT2D eigenvalue weighted by Gasteiger charge is 2.15. The number of hydrogen-bond acceptors (Lipinski definition) is 3. The maximum atomic E-state index is 4.39. The fraction of sp³-hybridized carbons (Fsp3) is 0.500. The minimum absolute atomic E-state index is 1.10. The molecule has 13 heavy (non-hydrogen) atoms. The molecule has 70 valence electrons. The molecule has 1 aromatic rings. The number of rotatable bonds is 2. The van der Waals surface area contributed by atoms with Crippen LogP contribution in [0.1, 0.15) is 12.8 Å². The van der Waals surface area contributed by atoms with Gasteiger partial charge in [0.1, 0.15) is 0 Å². The molecule has 0 spiro atoms. The molecule has 1 fully saturated rings. The molecular formula is C10H15N3. The molecule has 1 saturated heterocycles. The molecule has 0 aromatic carbocycles. The SMILES string of the molecule is CNc1cccnc1N1CCCC1. The fourth-order valence-corrected chi connectivity index (χ4v) is 1.77. The summed E-state index contributed by atoms with van der Waals surface area (Å²) in [6, 6.07) is 4.03. The number of nitrogens with zero attached hydrogens (tertiary/aromatic N) is 2. The lowest BCUT2D eigenvalue weighted by molar-refractivity contribution is 0.938. The standard InChI is InChI=1S/C10H15N3/c1-11-9-5-4-6-12-10(9)13-7-2-3-8-13/h4-6,11H,2-3,7-8H2,1H3. The van der Waals surface area contributed by atoms with E-state index in [0.717, 1.165) is 24.6 Å². The normalized spacial score (nSPS) is 16.2. The van der Waals surface area contributed by atoms with Gasteiger partial charge in [-0.1, -0.05) is 0 Å². The van der Waals surface area contributed by atoms with Crippen molar-refractivity contribution in [3.05, 3.63) is 18.3 Å². The number of nitrogens with one attached hydrogen (secondary N) is 1. The average molecular weight is 177 g/mol. The zero-order valence-corrected chi connectivity index (χ0v) is 7.95. The van der Waals surface area contributed by atoms with Gasteiger partial charge >= 0.3 is 0 Å². The van der Waals surface area contributed by atoms with Crippen molar-refractivity contribution >= 4 is 11.5 Å². The second kappa shape index (κ2) is 3.64. The van der Waals surface area contributed by atoms with E-state index >= 15 is 0 Å². The summed E-state index contributed by atoms with van der Waals surface area (Å²) in [5.74, 6) is 1.10. The maximum absolute atomic E-state index is 4.39. The fourth-order valence-electron chi connectivity index (χ4n) is 1.77. The van der Waals surface area contributed by atoms with E-state index in [-0.39, 0.29) is 0 Å². The third-order valence-electron chi connectivity index (χ3n) is 2.46. The Morgan fingerprint density at radius 3 is 2.85 bits per heavy atom. The molecule has 0 unspecified atom stereocenters. The Bertz CT molecular complexity index is 279. The summed E-state index contributed by atoms with van der Waals surface area (Å²) in [7, 11) is 1.94. The monoisotopic (exact) mass is 177 g/mol. The highest BCUT2D eigenvalue weighted by Crippen LogP contribution is 2.25. The Hall–Kier alpha value is -1.25. The molecule has 3 heteroatoms. The summed E-state index contributed by atoms with van der Waals surface area (Å²) < 4.78 is 0. The number of aromatic nitrogens is 1. The zero-order chi connectivity index (χ0) is 9.10. The van der Waals surface area contributed by atoms with Crippen LogP contribution in [0, 0.1) is 0 Å². The predicted molar refractivity (Wildman–Crippen MR) is 55.2 cm³/mol. The number of anilines is 2. The first kappa shape index (κ1) is 8.35. The lowest BCUT2D eigenvalue weighted by Crippen LogP contribution is -2.20. The van der Waals surface area contributed by atoms with Gasteiger partial charge in [-0.25, -0.2) is 4.98 Å². The van der Waals surface area contributed by atoms with Crippen LogP contribution in [0.15, 0.2) is 18.3 Å². The molecule has 1 N–H and O–H groups in total. The van der Waals surface area contributed by atoms with Crippen LogP contribution in [-0.2, 0) is 0 Å². The van der Waals surface area contributed by atoms with Crippen molar-refractivity contribution in [1.29, 1.82) is 0 Å². The summed E-state index contributed by atoms with van der Waals surface area (Å²) in [5.41, 5.74) is 1.13. The molecule has 0 radical (unpaired) electrons. The van der Waals surface area contributed by atoms with Gasteiger partial charge in [0, 0.05) is 26.3 Å². The lowest BCUT2D eigenvalue weighted by atomic mass is 10.3. The first-order chi connectivity index (χ1) is 6.42. The van der Waals surface area contributed by atoms with E-state index in [1.807, 2.05) is 19.3 Å². The van der Waals surface area contributed by atoms with Crippen molar-refractivity contribution in [2.24, 2.45) is 0 Å². The molecule has 0 amide bonds. The van der Waals surface area contributed by atoms with Crippen molar-refractivity contribution in [2.75, 3.05) is 30.4 Å². The highest BCUT2D eigenvalue weighted by molar-refractivity contribution is 5.65. The zero-order valence-electron chi connectivity index (χ0n) is 7.95. The van der Waals surface area contributed by atoms with Crippen LogP contribution in [0.5, 0.6) is 0 Å². The third-order valence-corrected chi connectivity index (χ3v) is 2.46. The van der Waals surface area contributed by atoms with Crippen molar-refractivity contribution in [2.45, 2.75) is 12.8 Å². The lowest BCUT2D eigenvalue weighted by Gasteiger charge is -2.19. The van der Waals surface area contributed by atoms with Gasteiger partial charge in [0.15, 0.2) is 5.82 Å². The van der Waals surface area contributed by atoms with E-state index in [1.54, 1.807) is 0 Å². The molecule has 0 saturated carbocycles. The average Bonchev–Trinajstić information content (AvgIpc) is 2.70. The van der Waals surface area contributed by atoms with E-state index in [1.165, 1.54) is 12.8 Å².